The molecule has 3 aromatic carbocycles. The van der Waals surface area contributed by atoms with Crippen molar-refractivity contribution in [2.75, 3.05) is 0 Å². The summed E-state index contributed by atoms with van der Waals surface area (Å²) in [6.07, 6.45) is 4.58. The van der Waals surface area contributed by atoms with Crippen molar-refractivity contribution >= 4 is 22.4 Å². The zero-order valence-corrected chi connectivity index (χ0v) is 14.3. The molecule has 1 aliphatic rings. The van der Waals surface area contributed by atoms with E-state index in [0.717, 1.165) is 34.2 Å². The van der Waals surface area contributed by atoms with Gasteiger partial charge in [0.15, 0.2) is 0 Å². The van der Waals surface area contributed by atoms with E-state index in [-0.39, 0.29) is 0 Å². The second-order valence-electron chi connectivity index (χ2n) is 6.82. The summed E-state index contributed by atoms with van der Waals surface area (Å²) < 4.78 is 0. The van der Waals surface area contributed by atoms with Gasteiger partial charge in [0.2, 0.25) is 0 Å². The van der Waals surface area contributed by atoms with E-state index >= 15 is 0 Å². The van der Waals surface area contributed by atoms with E-state index in [0.29, 0.717) is 17.6 Å². The Kier molecular flexibility index (Phi) is 4.20. The topological polar surface area (TPSA) is 20.2 Å². The summed E-state index contributed by atoms with van der Waals surface area (Å²) in [6.45, 7) is 0. The van der Waals surface area contributed by atoms with Crippen molar-refractivity contribution in [1.29, 1.82) is 0 Å². The van der Waals surface area contributed by atoms with Crippen LogP contribution >= 0.6 is 11.6 Å². The van der Waals surface area contributed by atoms with Gasteiger partial charge in [0.25, 0.3) is 0 Å². The lowest BCUT2D eigenvalue weighted by atomic mass is 9.75. The number of halogens is 1. The largest absolute Gasteiger partial charge is 0.507 e. The molecule has 0 aliphatic heterocycles. The van der Waals surface area contributed by atoms with Gasteiger partial charge in [0, 0.05) is 10.4 Å². The van der Waals surface area contributed by atoms with E-state index < -0.39 is 0 Å². The Morgan fingerprint density at radius 3 is 2.17 bits per heavy atom. The van der Waals surface area contributed by atoms with Gasteiger partial charge < -0.3 is 5.11 Å². The molecule has 1 nitrogen and oxygen atoms in total. The number of rotatable bonds is 2. The second kappa shape index (κ2) is 6.49. The van der Waals surface area contributed by atoms with Crippen LogP contribution in [0, 0.1) is 0 Å². The van der Waals surface area contributed by atoms with Gasteiger partial charge in [-0.15, -0.1) is 0 Å². The van der Waals surface area contributed by atoms with Crippen molar-refractivity contribution in [2.24, 2.45) is 0 Å². The quantitative estimate of drug-likeness (QED) is 0.556. The average molecular weight is 337 g/mol. The van der Waals surface area contributed by atoms with Crippen LogP contribution in [0.5, 0.6) is 5.75 Å². The van der Waals surface area contributed by atoms with Crippen LogP contribution in [0.3, 0.4) is 0 Å². The lowest BCUT2D eigenvalue weighted by Crippen LogP contribution is -2.12. The summed E-state index contributed by atoms with van der Waals surface area (Å²) in [5.74, 6) is 1.54. The zero-order valence-electron chi connectivity index (χ0n) is 13.6. The summed E-state index contributed by atoms with van der Waals surface area (Å²) in [5, 5.41) is 13.6. The highest BCUT2D eigenvalue weighted by atomic mass is 35.5. The highest BCUT2D eigenvalue weighted by Gasteiger charge is 2.25. The molecule has 24 heavy (non-hydrogen) atoms. The molecule has 1 N–H and O–H groups in total. The Balaban J connectivity index is 1.53. The summed E-state index contributed by atoms with van der Waals surface area (Å²) in [4.78, 5) is 0. The highest BCUT2D eigenvalue weighted by Crippen LogP contribution is 2.44. The summed E-state index contributed by atoms with van der Waals surface area (Å²) in [6, 6.07) is 20.6. The van der Waals surface area contributed by atoms with Crippen LogP contribution in [0.1, 0.15) is 48.6 Å². The highest BCUT2D eigenvalue weighted by molar-refractivity contribution is 6.30. The smallest absolute Gasteiger partial charge is 0.126 e. The Morgan fingerprint density at radius 1 is 0.750 bits per heavy atom. The molecule has 122 valence electrons. The molecule has 0 atom stereocenters. The van der Waals surface area contributed by atoms with Crippen LogP contribution in [0.2, 0.25) is 5.02 Å². The van der Waals surface area contributed by atoms with Gasteiger partial charge >= 0.3 is 0 Å². The minimum absolute atomic E-state index is 0.457. The van der Waals surface area contributed by atoms with Crippen LogP contribution < -0.4 is 0 Å². The van der Waals surface area contributed by atoms with Gasteiger partial charge in [-0.1, -0.05) is 60.1 Å². The van der Waals surface area contributed by atoms with Gasteiger partial charge in [0.1, 0.15) is 5.75 Å². The van der Waals surface area contributed by atoms with Crippen molar-refractivity contribution in [1.82, 2.24) is 0 Å². The molecule has 0 heterocycles. The van der Waals surface area contributed by atoms with Crippen LogP contribution in [-0.2, 0) is 0 Å². The normalized spacial score (nSPS) is 21.0. The molecule has 0 unspecified atom stereocenters. The standard InChI is InChI=1S/C22H21ClO/c23-19-12-9-16(10-13-19)15-5-7-18(8-6-15)21-14-11-17-3-1-2-4-20(17)22(21)24/h1-4,9-15,18,24H,5-8H2/t15-,18-. The van der Waals surface area contributed by atoms with Crippen LogP contribution in [0.15, 0.2) is 60.7 Å². The minimum Gasteiger partial charge on any atom is -0.507 e. The fourth-order valence-electron chi connectivity index (χ4n) is 4.07. The van der Waals surface area contributed by atoms with Crippen molar-refractivity contribution in [3.8, 4) is 5.75 Å². The maximum absolute atomic E-state index is 10.7. The summed E-state index contributed by atoms with van der Waals surface area (Å²) >= 11 is 5.99. The van der Waals surface area contributed by atoms with Crippen molar-refractivity contribution in [3.05, 3.63) is 76.8 Å². The van der Waals surface area contributed by atoms with Crippen molar-refractivity contribution < 1.29 is 5.11 Å². The Hall–Kier alpha value is -1.99. The first kappa shape index (κ1) is 15.5. The first-order valence-corrected chi connectivity index (χ1v) is 9.06. The molecule has 0 aromatic heterocycles. The monoisotopic (exact) mass is 336 g/mol. The predicted molar refractivity (Wildman–Crippen MR) is 101 cm³/mol. The molecule has 1 aliphatic carbocycles. The van der Waals surface area contributed by atoms with E-state index in [1.54, 1.807) is 0 Å². The Labute approximate surface area is 147 Å². The van der Waals surface area contributed by atoms with Gasteiger partial charge in [-0.3, -0.25) is 0 Å². The summed E-state index contributed by atoms with van der Waals surface area (Å²) in [5.41, 5.74) is 2.50. The van der Waals surface area contributed by atoms with Gasteiger partial charge in [-0.2, -0.15) is 0 Å². The molecule has 2 heteroatoms. The second-order valence-corrected chi connectivity index (χ2v) is 7.26. The molecule has 4 rings (SSSR count). The Morgan fingerprint density at radius 2 is 1.42 bits per heavy atom. The lowest BCUT2D eigenvalue weighted by molar-refractivity contribution is 0.383. The number of phenolic OH excluding ortho intramolecular Hbond substituents is 1. The molecule has 3 aromatic rings. The third-order valence-corrected chi connectivity index (χ3v) is 5.69. The van der Waals surface area contributed by atoms with Crippen molar-refractivity contribution in [2.45, 2.75) is 37.5 Å². The fourth-order valence-corrected chi connectivity index (χ4v) is 4.20. The van der Waals surface area contributed by atoms with Gasteiger partial charge in [-0.05, 0) is 66.2 Å². The number of aromatic hydroxyl groups is 1. The lowest BCUT2D eigenvalue weighted by Gasteiger charge is -2.29. The fraction of sp³-hybridized carbons (Fsp3) is 0.273. The first-order chi connectivity index (χ1) is 11.7. The van der Waals surface area contributed by atoms with E-state index in [2.05, 4.69) is 30.3 Å². The van der Waals surface area contributed by atoms with E-state index in [1.165, 1.54) is 18.4 Å². The minimum atomic E-state index is 0.457. The van der Waals surface area contributed by atoms with E-state index in [1.807, 2.05) is 30.3 Å². The summed E-state index contributed by atoms with van der Waals surface area (Å²) in [7, 11) is 0. The molecular weight excluding hydrogens is 316 g/mol. The van der Waals surface area contributed by atoms with Crippen LogP contribution in [-0.4, -0.2) is 5.11 Å². The third-order valence-electron chi connectivity index (χ3n) is 5.44. The molecule has 0 saturated heterocycles. The number of hydrogen-bond acceptors (Lipinski definition) is 1. The molecular formula is C22H21ClO. The molecule has 1 saturated carbocycles. The number of fused-ring (bicyclic) bond motifs is 1. The van der Waals surface area contributed by atoms with Gasteiger partial charge in [-0.25, -0.2) is 0 Å². The average Bonchev–Trinajstić information content (AvgIpc) is 2.63. The SMILES string of the molecule is Oc1c2ccccc2ccc1[C@H]1CC[C@H](c2ccc(Cl)cc2)CC1. The van der Waals surface area contributed by atoms with E-state index in [9.17, 15) is 5.11 Å². The molecule has 0 radical (unpaired) electrons. The number of phenols is 1. The molecule has 0 amide bonds. The molecule has 1 fully saturated rings. The van der Waals surface area contributed by atoms with Crippen molar-refractivity contribution in [3.63, 3.8) is 0 Å². The first-order valence-electron chi connectivity index (χ1n) is 8.68. The van der Waals surface area contributed by atoms with Crippen LogP contribution in [0.25, 0.3) is 10.8 Å². The Bertz CT molecular complexity index is 845. The molecule has 0 spiro atoms. The number of hydrogen-bond donors (Lipinski definition) is 1. The maximum atomic E-state index is 10.7. The predicted octanol–water partition coefficient (Wildman–Crippen LogP) is 6.64. The van der Waals surface area contributed by atoms with Gasteiger partial charge in [0.05, 0.1) is 0 Å². The van der Waals surface area contributed by atoms with Crippen LogP contribution in [0.4, 0.5) is 0 Å². The third kappa shape index (κ3) is 2.89. The number of benzene rings is 3. The maximum Gasteiger partial charge on any atom is 0.126 e. The zero-order chi connectivity index (χ0) is 16.5. The van der Waals surface area contributed by atoms with E-state index in [4.69, 9.17) is 11.6 Å². The molecule has 0 bridgehead atoms.